The number of morpholine rings is 1. The van der Waals surface area contributed by atoms with E-state index in [-0.39, 0.29) is 5.91 Å². The van der Waals surface area contributed by atoms with Crippen molar-refractivity contribution in [1.29, 1.82) is 0 Å². The zero-order chi connectivity index (χ0) is 11.5. The van der Waals surface area contributed by atoms with Crippen LogP contribution in [0.2, 0.25) is 0 Å². The molecule has 1 amide bonds. The summed E-state index contributed by atoms with van der Waals surface area (Å²) in [5, 5.41) is 8.68. The molecule has 0 spiro atoms. The normalized spacial score (nSPS) is 17.4. The quantitative estimate of drug-likeness (QED) is 0.742. The van der Waals surface area contributed by atoms with E-state index < -0.39 is 0 Å². The highest BCUT2D eigenvalue weighted by molar-refractivity contribution is 5.95. The van der Waals surface area contributed by atoms with Crippen molar-refractivity contribution >= 4 is 5.91 Å². The van der Waals surface area contributed by atoms with Crippen LogP contribution in [-0.4, -0.2) is 47.4 Å². The molecular formula is C10H16N4O2. The summed E-state index contributed by atoms with van der Waals surface area (Å²) in [5.41, 5.74) is 5.01. The van der Waals surface area contributed by atoms with Gasteiger partial charge in [-0.1, -0.05) is 0 Å². The van der Waals surface area contributed by atoms with Gasteiger partial charge in [-0.05, 0) is 13.8 Å². The van der Waals surface area contributed by atoms with Gasteiger partial charge in [0, 0.05) is 18.8 Å². The van der Waals surface area contributed by atoms with Gasteiger partial charge in [-0.3, -0.25) is 15.3 Å². The number of aromatic amines is 1. The van der Waals surface area contributed by atoms with Crippen molar-refractivity contribution in [2.24, 2.45) is 0 Å². The summed E-state index contributed by atoms with van der Waals surface area (Å²) < 4.78 is 5.21. The van der Waals surface area contributed by atoms with E-state index in [2.05, 4.69) is 15.6 Å². The molecule has 88 valence electrons. The summed E-state index contributed by atoms with van der Waals surface area (Å²) >= 11 is 0. The Morgan fingerprint density at radius 1 is 1.44 bits per heavy atom. The van der Waals surface area contributed by atoms with E-state index in [1.807, 2.05) is 18.9 Å². The molecule has 16 heavy (non-hydrogen) atoms. The number of amides is 1. The van der Waals surface area contributed by atoms with Gasteiger partial charge in [0.15, 0.2) is 0 Å². The number of aromatic nitrogens is 2. The second kappa shape index (κ2) is 4.63. The summed E-state index contributed by atoms with van der Waals surface area (Å²) in [5.74, 6) is -0.106. The number of hydrazine groups is 1. The monoisotopic (exact) mass is 224 g/mol. The minimum Gasteiger partial charge on any atom is -0.379 e. The molecule has 2 rings (SSSR count). The van der Waals surface area contributed by atoms with Crippen LogP contribution in [0.25, 0.3) is 0 Å². The molecule has 1 saturated heterocycles. The number of nitrogens with one attached hydrogen (secondary N) is 2. The Hall–Kier alpha value is -1.40. The molecule has 2 heterocycles. The van der Waals surface area contributed by atoms with Crippen LogP contribution >= 0.6 is 0 Å². The van der Waals surface area contributed by atoms with Crippen LogP contribution in [-0.2, 0) is 4.74 Å². The lowest BCUT2D eigenvalue weighted by Crippen LogP contribution is -2.48. The van der Waals surface area contributed by atoms with E-state index >= 15 is 0 Å². The van der Waals surface area contributed by atoms with Crippen LogP contribution in [0, 0.1) is 13.8 Å². The molecule has 0 saturated carbocycles. The maximum Gasteiger partial charge on any atom is 0.269 e. The zero-order valence-corrected chi connectivity index (χ0v) is 9.54. The molecule has 6 nitrogen and oxygen atoms in total. The lowest BCUT2D eigenvalue weighted by molar-refractivity contribution is 0.0126. The van der Waals surface area contributed by atoms with Crippen LogP contribution < -0.4 is 5.43 Å². The van der Waals surface area contributed by atoms with Gasteiger partial charge < -0.3 is 4.74 Å². The highest BCUT2D eigenvalue weighted by Gasteiger charge is 2.18. The van der Waals surface area contributed by atoms with Crippen LogP contribution in [0.5, 0.6) is 0 Å². The third-order valence-corrected chi connectivity index (χ3v) is 2.63. The fourth-order valence-corrected chi connectivity index (χ4v) is 1.76. The van der Waals surface area contributed by atoms with Gasteiger partial charge in [0.05, 0.1) is 24.5 Å². The summed E-state index contributed by atoms with van der Waals surface area (Å²) in [7, 11) is 0. The number of hydrogen-bond acceptors (Lipinski definition) is 4. The molecule has 1 aliphatic heterocycles. The van der Waals surface area contributed by atoms with E-state index in [0.29, 0.717) is 18.8 Å². The smallest absolute Gasteiger partial charge is 0.269 e. The predicted octanol–water partition coefficient (Wildman–Crippen LogP) is 0.00354. The first-order valence-electron chi connectivity index (χ1n) is 5.33. The Kier molecular flexibility index (Phi) is 3.21. The fraction of sp³-hybridized carbons (Fsp3) is 0.600. The van der Waals surface area contributed by atoms with Gasteiger partial charge in [0.1, 0.15) is 0 Å². The van der Waals surface area contributed by atoms with Crippen molar-refractivity contribution in [2.45, 2.75) is 13.8 Å². The van der Waals surface area contributed by atoms with Crippen molar-refractivity contribution in [3.05, 3.63) is 17.0 Å². The first-order valence-corrected chi connectivity index (χ1v) is 5.33. The van der Waals surface area contributed by atoms with Crippen molar-refractivity contribution in [3.63, 3.8) is 0 Å². The van der Waals surface area contributed by atoms with E-state index in [1.165, 1.54) is 0 Å². The number of ether oxygens (including phenoxy) is 1. The van der Waals surface area contributed by atoms with Gasteiger partial charge >= 0.3 is 0 Å². The molecule has 6 heteroatoms. The Morgan fingerprint density at radius 2 is 2.12 bits per heavy atom. The Labute approximate surface area is 93.9 Å². The number of H-pyrrole nitrogens is 1. The third kappa shape index (κ3) is 2.23. The molecule has 2 N–H and O–H groups in total. The van der Waals surface area contributed by atoms with Crippen molar-refractivity contribution < 1.29 is 9.53 Å². The first-order chi connectivity index (χ1) is 7.68. The molecule has 0 atom stereocenters. The SMILES string of the molecule is Cc1n[nH]c(C)c1C(=O)NN1CCOCC1. The minimum absolute atomic E-state index is 0.106. The number of hydrogen-bond donors (Lipinski definition) is 2. The van der Waals surface area contributed by atoms with Crippen LogP contribution in [0.3, 0.4) is 0 Å². The fourth-order valence-electron chi connectivity index (χ4n) is 1.76. The molecule has 0 unspecified atom stereocenters. The summed E-state index contributed by atoms with van der Waals surface area (Å²) in [4.78, 5) is 12.0. The van der Waals surface area contributed by atoms with Crippen molar-refractivity contribution in [3.8, 4) is 0 Å². The summed E-state index contributed by atoms with van der Waals surface area (Å²) in [6.45, 7) is 6.42. The summed E-state index contributed by atoms with van der Waals surface area (Å²) in [6, 6.07) is 0. The zero-order valence-electron chi connectivity index (χ0n) is 9.54. The molecule has 0 aromatic carbocycles. The minimum atomic E-state index is -0.106. The maximum absolute atomic E-state index is 12.0. The Morgan fingerprint density at radius 3 is 2.69 bits per heavy atom. The van der Waals surface area contributed by atoms with E-state index in [0.717, 1.165) is 24.5 Å². The maximum atomic E-state index is 12.0. The Balaban J connectivity index is 2.02. The van der Waals surface area contributed by atoms with Gasteiger partial charge in [0.25, 0.3) is 5.91 Å². The lowest BCUT2D eigenvalue weighted by Gasteiger charge is -2.26. The molecule has 1 aromatic rings. The highest BCUT2D eigenvalue weighted by Crippen LogP contribution is 2.09. The second-order valence-corrected chi connectivity index (χ2v) is 3.85. The van der Waals surface area contributed by atoms with E-state index in [4.69, 9.17) is 4.74 Å². The molecule has 1 fully saturated rings. The second-order valence-electron chi connectivity index (χ2n) is 3.85. The third-order valence-electron chi connectivity index (χ3n) is 2.63. The largest absolute Gasteiger partial charge is 0.379 e. The van der Waals surface area contributed by atoms with E-state index in [9.17, 15) is 4.79 Å². The van der Waals surface area contributed by atoms with Gasteiger partial charge in [-0.2, -0.15) is 5.10 Å². The summed E-state index contributed by atoms with van der Waals surface area (Å²) in [6.07, 6.45) is 0. The highest BCUT2D eigenvalue weighted by atomic mass is 16.5. The van der Waals surface area contributed by atoms with Gasteiger partial charge in [0.2, 0.25) is 0 Å². The van der Waals surface area contributed by atoms with E-state index in [1.54, 1.807) is 0 Å². The molecule has 0 bridgehead atoms. The topological polar surface area (TPSA) is 70.2 Å². The van der Waals surface area contributed by atoms with Crippen LogP contribution in [0.4, 0.5) is 0 Å². The average molecular weight is 224 g/mol. The van der Waals surface area contributed by atoms with Gasteiger partial charge in [-0.15, -0.1) is 0 Å². The van der Waals surface area contributed by atoms with Gasteiger partial charge in [-0.25, -0.2) is 5.01 Å². The van der Waals surface area contributed by atoms with Crippen LogP contribution in [0.15, 0.2) is 0 Å². The number of aryl methyl sites for hydroxylation is 2. The first kappa shape index (κ1) is 11.1. The molecule has 1 aromatic heterocycles. The molecule has 0 aliphatic carbocycles. The predicted molar refractivity (Wildman–Crippen MR) is 57.9 cm³/mol. The molecule has 0 radical (unpaired) electrons. The number of carbonyl (C=O) groups is 1. The molecule has 1 aliphatic rings. The van der Waals surface area contributed by atoms with Crippen LogP contribution in [0.1, 0.15) is 21.7 Å². The Bertz CT molecular complexity index is 363. The number of nitrogens with zero attached hydrogens (tertiary/aromatic N) is 2. The van der Waals surface area contributed by atoms with Crippen molar-refractivity contribution in [1.82, 2.24) is 20.6 Å². The number of rotatable bonds is 2. The number of carbonyl (C=O) groups excluding carboxylic acids is 1. The lowest BCUT2D eigenvalue weighted by atomic mass is 10.2. The standard InChI is InChI=1S/C10H16N4O2/c1-7-9(8(2)12-11-7)10(15)13-14-3-5-16-6-4-14/h3-6H2,1-2H3,(H,11,12)(H,13,15). The molecular weight excluding hydrogens is 208 g/mol. The average Bonchev–Trinajstić information content (AvgIpc) is 2.60. The van der Waals surface area contributed by atoms with Crippen molar-refractivity contribution in [2.75, 3.05) is 26.3 Å².